The molecule has 3 heterocycles. The number of pyridine rings is 1. The number of carbonyl (C=O) groups is 1. The monoisotopic (exact) mass is 538 g/mol. The minimum atomic E-state index is -0.429. The van der Waals surface area contributed by atoms with Crippen molar-refractivity contribution in [3.8, 4) is 11.5 Å². The maximum absolute atomic E-state index is 12.9. The molecule has 40 heavy (non-hydrogen) atoms. The molecule has 0 fully saturated rings. The van der Waals surface area contributed by atoms with Crippen LogP contribution >= 0.6 is 0 Å². The van der Waals surface area contributed by atoms with Crippen molar-refractivity contribution >= 4 is 34.3 Å². The van der Waals surface area contributed by atoms with Crippen LogP contribution < -0.4 is 25.4 Å². The highest BCUT2D eigenvalue weighted by Gasteiger charge is 2.15. The van der Waals surface area contributed by atoms with Gasteiger partial charge in [-0.25, -0.2) is 14.8 Å². The molecule has 0 aliphatic carbocycles. The number of methoxy groups -OCH3 is 2. The van der Waals surface area contributed by atoms with Crippen LogP contribution in [0.25, 0.3) is 10.9 Å². The summed E-state index contributed by atoms with van der Waals surface area (Å²) >= 11 is 0. The number of aryl methyl sites for hydroxylation is 2. The molecule has 0 saturated carbocycles. The van der Waals surface area contributed by atoms with Crippen LogP contribution in [0.3, 0.4) is 0 Å². The highest BCUT2D eigenvalue weighted by Crippen LogP contribution is 2.28. The van der Waals surface area contributed by atoms with Crippen LogP contribution in [0.4, 0.5) is 22.1 Å². The first kappa shape index (κ1) is 26.4. The summed E-state index contributed by atoms with van der Waals surface area (Å²) in [7, 11) is 3.22. The molecule has 5 aromatic rings. The zero-order valence-corrected chi connectivity index (χ0v) is 22.7. The SMILES string of the molecule is COc1ccc(CNc2cc(NC(=O)Nc3cccc4c3c(C)nn4Cc3cccc(C)n3)ncn2)c(OC)c1. The van der Waals surface area contributed by atoms with Gasteiger partial charge in [-0.1, -0.05) is 12.1 Å². The topological polar surface area (TPSA) is 128 Å². The number of fused-ring (bicyclic) bond motifs is 1. The minimum Gasteiger partial charge on any atom is -0.497 e. The minimum absolute atomic E-state index is 0.349. The summed E-state index contributed by atoms with van der Waals surface area (Å²) < 4.78 is 12.6. The second-order valence-electron chi connectivity index (χ2n) is 9.11. The predicted octanol–water partition coefficient (Wildman–Crippen LogP) is 5.16. The van der Waals surface area contributed by atoms with E-state index in [1.807, 2.05) is 73.1 Å². The lowest BCUT2D eigenvalue weighted by Crippen LogP contribution is -2.20. The van der Waals surface area contributed by atoms with E-state index >= 15 is 0 Å². The number of aromatic nitrogens is 5. The standard InChI is InChI=1S/C29H30N8O3/c1-18-7-5-8-21(33-18)16-37-24-10-6-9-23(28(24)19(2)36-37)34-29(38)35-27-14-26(31-17-32-27)30-15-20-11-12-22(39-3)13-25(20)40-4/h5-14,17H,15-16H2,1-4H3,(H3,30,31,32,34,35,38). The Hall–Kier alpha value is -5.19. The Morgan fingerprint density at radius 3 is 2.55 bits per heavy atom. The number of hydrogen-bond acceptors (Lipinski definition) is 8. The smallest absolute Gasteiger partial charge is 0.324 e. The molecule has 2 amide bonds. The van der Waals surface area contributed by atoms with Gasteiger partial charge in [0.05, 0.1) is 43.4 Å². The van der Waals surface area contributed by atoms with Crippen molar-refractivity contribution in [2.45, 2.75) is 26.9 Å². The number of urea groups is 1. The van der Waals surface area contributed by atoms with Crippen LogP contribution in [-0.2, 0) is 13.1 Å². The molecule has 0 unspecified atom stereocenters. The molecule has 5 rings (SSSR count). The molecule has 204 valence electrons. The van der Waals surface area contributed by atoms with E-state index in [-0.39, 0.29) is 0 Å². The molecule has 0 saturated heterocycles. The second kappa shape index (κ2) is 11.7. The Morgan fingerprint density at radius 2 is 1.75 bits per heavy atom. The third-order valence-corrected chi connectivity index (χ3v) is 6.32. The largest absolute Gasteiger partial charge is 0.497 e. The first-order chi connectivity index (χ1) is 19.4. The van der Waals surface area contributed by atoms with Gasteiger partial charge >= 0.3 is 6.03 Å². The van der Waals surface area contributed by atoms with E-state index in [9.17, 15) is 4.79 Å². The van der Waals surface area contributed by atoms with Gasteiger partial charge in [-0.2, -0.15) is 5.10 Å². The average molecular weight is 539 g/mol. The van der Waals surface area contributed by atoms with Crippen LogP contribution in [0.15, 0.2) is 67.0 Å². The number of anilines is 3. The number of hydrogen-bond donors (Lipinski definition) is 3. The Kier molecular flexibility index (Phi) is 7.72. The maximum Gasteiger partial charge on any atom is 0.324 e. The zero-order valence-electron chi connectivity index (χ0n) is 22.7. The molecule has 0 spiro atoms. The molecular weight excluding hydrogens is 508 g/mol. The van der Waals surface area contributed by atoms with Crippen LogP contribution in [0.2, 0.25) is 0 Å². The maximum atomic E-state index is 12.9. The number of ether oxygens (including phenoxy) is 2. The average Bonchev–Trinajstić information content (AvgIpc) is 3.27. The van der Waals surface area contributed by atoms with E-state index in [1.165, 1.54) is 6.33 Å². The first-order valence-corrected chi connectivity index (χ1v) is 12.7. The Morgan fingerprint density at radius 1 is 0.925 bits per heavy atom. The highest BCUT2D eigenvalue weighted by molar-refractivity contribution is 6.06. The quantitative estimate of drug-likeness (QED) is 0.235. The van der Waals surface area contributed by atoms with E-state index in [4.69, 9.17) is 14.6 Å². The van der Waals surface area contributed by atoms with Gasteiger partial charge in [0.25, 0.3) is 0 Å². The van der Waals surface area contributed by atoms with Crippen molar-refractivity contribution in [3.05, 3.63) is 89.6 Å². The summed E-state index contributed by atoms with van der Waals surface area (Å²) in [6, 6.07) is 18.5. The lowest BCUT2D eigenvalue weighted by Gasteiger charge is -2.12. The molecule has 0 aliphatic rings. The molecular formula is C29H30N8O3. The van der Waals surface area contributed by atoms with Gasteiger partial charge in [0.15, 0.2) is 0 Å². The van der Waals surface area contributed by atoms with Gasteiger partial charge in [-0.05, 0) is 50.2 Å². The van der Waals surface area contributed by atoms with Crippen LogP contribution in [0.5, 0.6) is 11.5 Å². The summed E-state index contributed by atoms with van der Waals surface area (Å²) in [6.45, 7) is 4.87. The number of carbonyl (C=O) groups excluding carboxylic acids is 1. The van der Waals surface area contributed by atoms with Crippen molar-refractivity contribution < 1.29 is 14.3 Å². The van der Waals surface area contributed by atoms with E-state index in [1.54, 1.807) is 20.3 Å². The lowest BCUT2D eigenvalue weighted by atomic mass is 10.1. The number of nitrogens with zero attached hydrogens (tertiary/aromatic N) is 5. The lowest BCUT2D eigenvalue weighted by molar-refractivity contribution is 0.262. The van der Waals surface area contributed by atoms with Crippen molar-refractivity contribution in [2.24, 2.45) is 0 Å². The molecule has 3 aromatic heterocycles. The second-order valence-corrected chi connectivity index (χ2v) is 9.11. The molecule has 2 aromatic carbocycles. The Balaban J connectivity index is 1.27. The van der Waals surface area contributed by atoms with Crippen LogP contribution in [0, 0.1) is 13.8 Å². The number of amides is 2. The van der Waals surface area contributed by atoms with E-state index in [2.05, 4.69) is 30.9 Å². The van der Waals surface area contributed by atoms with Crippen LogP contribution in [-0.4, -0.2) is 45.0 Å². The van der Waals surface area contributed by atoms with Crippen molar-refractivity contribution in [2.75, 3.05) is 30.2 Å². The molecule has 3 N–H and O–H groups in total. The van der Waals surface area contributed by atoms with Gasteiger partial charge in [0.1, 0.15) is 29.5 Å². The summed E-state index contributed by atoms with van der Waals surface area (Å²) in [5, 5.41) is 14.5. The van der Waals surface area contributed by atoms with Crippen molar-refractivity contribution in [3.63, 3.8) is 0 Å². The van der Waals surface area contributed by atoms with Crippen LogP contribution in [0.1, 0.15) is 22.6 Å². The van der Waals surface area contributed by atoms with Gasteiger partial charge in [0.2, 0.25) is 0 Å². The third kappa shape index (κ3) is 5.93. The third-order valence-electron chi connectivity index (χ3n) is 6.32. The normalized spacial score (nSPS) is 10.8. The summed E-state index contributed by atoms with van der Waals surface area (Å²) in [4.78, 5) is 26.0. The molecule has 11 heteroatoms. The molecule has 0 atom stereocenters. The van der Waals surface area contributed by atoms with Crippen molar-refractivity contribution in [1.29, 1.82) is 0 Å². The fourth-order valence-electron chi connectivity index (χ4n) is 4.46. The molecule has 0 aliphatic heterocycles. The Bertz CT molecular complexity index is 1670. The van der Waals surface area contributed by atoms with E-state index < -0.39 is 6.03 Å². The fraction of sp³-hybridized carbons (Fsp3) is 0.207. The van der Waals surface area contributed by atoms with Gasteiger partial charge in [0, 0.05) is 35.3 Å². The van der Waals surface area contributed by atoms with E-state index in [0.29, 0.717) is 41.9 Å². The van der Waals surface area contributed by atoms with Gasteiger partial charge < -0.3 is 20.1 Å². The summed E-state index contributed by atoms with van der Waals surface area (Å²) in [6.07, 6.45) is 1.39. The highest BCUT2D eigenvalue weighted by atomic mass is 16.5. The fourth-order valence-corrected chi connectivity index (χ4v) is 4.46. The number of rotatable bonds is 9. The summed E-state index contributed by atoms with van der Waals surface area (Å²) in [5.74, 6) is 2.30. The first-order valence-electron chi connectivity index (χ1n) is 12.7. The number of benzene rings is 2. The zero-order chi connectivity index (χ0) is 28.1. The Labute approximate surface area is 231 Å². The predicted molar refractivity (Wildman–Crippen MR) is 154 cm³/mol. The van der Waals surface area contributed by atoms with Gasteiger partial charge in [-0.3, -0.25) is 15.0 Å². The molecule has 0 radical (unpaired) electrons. The molecule has 0 bridgehead atoms. The molecule has 11 nitrogen and oxygen atoms in total. The van der Waals surface area contributed by atoms with Gasteiger partial charge in [-0.15, -0.1) is 0 Å². The summed E-state index contributed by atoms with van der Waals surface area (Å²) in [5.41, 5.74) is 5.15. The van der Waals surface area contributed by atoms with E-state index in [0.717, 1.165) is 33.5 Å². The van der Waals surface area contributed by atoms with Crippen molar-refractivity contribution in [1.82, 2.24) is 24.7 Å². The number of nitrogens with one attached hydrogen (secondary N) is 3.